The van der Waals surface area contributed by atoms with E-state index in [0.717, 1.165) is 51.3 Å². The maximum Gasteiger partial charge on any atom is 0.251 e. The summed E-state index contributed by atoms with van der Waals surface area (Å²) in [6.07, 6.45) is 5.40. The average molecular weight is 211 g/mol. The molecule has 2 fully saturated rings. The fraction of sp³-hybridized carbons (Fsp3) is 0.917. The van der Waals surface area contributed by atoms with Gasteiger partial charge in [-0.05, 0) is 38.0 Å². The normalized spacial score (nSPS) is 32.7. The number of nitrogens with zero attached hydrogens (tertiary/aromatic N) is 1. The molecule has 0 N–H and O–H groups in total. The maximum atomic E-state index is 12.1. The summed E-state index contributed by atoms with van der Waals surface area (Å²) < 4.78 is 5.44. The third-order valence-electron chi connectivity index (χ3n) is 3.53. The molecule has 0 radical (unpaired) electrons. The predicted molar refractivity (Wildman–Crippen MR) is 58.6 cm³/mol. The van der Waals surface area contributed by atoms with Gasteiger partial charge in [0, 0.05) is 19.7 Å². The van der Waals surface area contributed by atoms with Crippen molar-refractivity contribution in [2.75, 3.05) is 19.7 Å². The first-order chi connectivity index (χ1) is 7.27. The molecule has 0 aromatic heterocycles. The Morgan fingerprint density at radius 1 is 1.20 bits per heavy atom. The highest BCUT2D eigenvalue weighted by Crippen LogP contribution is 2.20. The SMILES string of the molecule is CC1CCCN(C(=O)C2CCCO2)CC1. The van der Waals surface area contributed by atoms with Crippen LogP contribution in [0.15, 0.2) is 0 Å². The molecule has 0 bridgehead atoms. The van der Waals surface area contributed by atoms with E-state index >= 15 is 0 Å². The van der Waals surface area contributed by atoms with Gasteiger partial charge < -0.3 is 9.64 Å². The minimum absolute atomic E-state index is 0.126. The monoisotopic (exact) mass is 211 g/mol. The van der Waals surface area contributed by atoms with E-state index in [1.54, 1.807) is 0 Å². The van der Waals surface area contributed by atoms with Crippen LogP contribution in [-0.2, 0) is 9.53 Å². The van der Waals surface area contributed by atoms with Crippen molar-refractivity contribution in [2.24, 2.45) is 5.92 Å². The number of carbonyl (C=O) groups excluding carboxylic acids is 1. The van der Waals surface area contributed by atoms with Gasteiger partial charge in [-0.15, -0.1) is 0 Å². The number of amides is 1. The van der Waals surface area contributed by atoms with E-state index in [2.05, 4.69) is 6.92 Å². The second-order valence-electron chi connectivity index (χ2n) is 4.86. The van der Waals surface area contributed by atoms with Crippen molar-refractivity contribution >= 4 is 5.91 Å². The molecule has 0 spiro atoms. The molecule has 0 aromatic rings. The van der Waals surface area contributed by atoms with Crippen LogP contribution in [0, 0.1) is 5.92 Å². The molecule has 2 unspecified atom stereocenters. The Balaban J connectivity index is 1.88. The molecule has 0 saturated carbocycles. The second kappa shape index (κ2) is 4.97. The van der Waals surface area contributed by atoms with Crippen LogP contribution in [0.5, 0.6) is 0 Å². The van der Waals surface area contributed by atoms with Crippen molar-refractivity contribution in [1.29, 1.82) is 0 Å². The highest BCUT2D eigenvalue weighted by molar-refractivity contribution is 5.81. The zero-order valence-electron chi connectivity index (χ0n) is 9.58. The smallest absolute Gasteiger partial charge is 0.251 e. The Bertz CT molecular complexity index is 224. The number of carbonyl (C=O) groups is 1. The predicted octanol–water partition coefficient (Wildman–Crippen LogP) is 1.81. The Kier molecular flexibility index (Phi) is 3.62. The summed E-state index contributed by atoms with van der Waals surface area (Å²) in [7, 11) is 0. The summed E-state index contributed by atoms with van der Waals surface area (Å²) >= 11 is 0. The van der Waals surface area contributed by atoms with Gasteiger partial charge in [0.05, 0.1) is 0 Å². The van der Waals surface area contributed by atoms with E-state index in [9.17, 15) is 4.79 Å². The van der Waals surface area contributed by atoms with Crippen LogP contribution in [0.4, 0.5) is 0 Å². The number of hydrogen-bond acceptors (Lipinski definition) is 2. The lowest BCUT2D eigenvalue weighted by molar-refractivity contribution is -0.140. The lowest BCUT2D eigenvalue weighted by Crippen LogP contribution is -2.39. The van der Waals surface area contributed by atoms with Crippen molar-refractivity contribution in [2.45, 2.75) is 45.1 Å². The zero-order valence-corrected chi connectivity index (χ0v) is 9.58. The van der Waals surface area contributed by atoms with Crippen molar-refractivity contribution in [3.63, 3.8) is 0 Å². The van der Waals surface area contributed by atoms with E-state index in [1.165, 1.54) is 6.42 Å². The number of hydrogen-bond donors (Lipinski definition) is 0. The minimum Gasteiger partial charge on any atom is -0.368 e. The molecule has 2 rings (SSSR count). The molecular formula is C12H21NO2. The summed E-state index contributed by atoms with van der Waals surface area (Å²) in [6, 6.07) is 0. The van der Waals surface area contributed by atoms with Gasteiger partial charge in [-0.2, -0.15) is 0 Å². The van der Waals surface area contributed by atoms with Crippen LogP contribution >= 0.6 is 0 Å². The molecule has 2 atom stereocenters. The molecule has 86 valence electrons. The Labute approximate surface area is 91.8 Å². The van der Waals surface area contributed by atoms with Gasteiger partial charge in [0.15, 0.2) is 0 Å². The first-order valence-electron chi connectivity index (χ1n) is 6.18. The van der Waals surface area contributed by atoms with E-state index in [4.69, 9.17) is 4.74 Å². The highest BCUT2D eigenvalue weighted by Gasteiger charge is 2.28. The third kappa shape index (κ3) is 2.71. The Hall–Kier alpha value is -0.570. The molecule has 2 aliphatic heterocycles. The molecule has 2 saturated heterocycles. The van der Waals surface area contributed by atoms with E-state index in [1.807, 2.05) is 4.90 Å². The van der Waals surface area contributed by atoms with Crippen LogP contribution in [0.25, 0.3) is 0 Å². The van der Waals surface area contributed by atoms with E-state index in [-0.39, 0.29) is 12.0 Å². The molecule has 3 heteroatoms. The van der Waals surface area contributed by atoms with Crippen LogP contribution < -0.4 is 0 Å². The Morgan fingerprint density at radius 3 is 2.80 bits per heavy atom. The summed E-state index contributed by atoms with van der Waals surface area (Å²) in [5.41, 5.74) is 0. The number of likely N-dealkylation sites (tertiary alicyclic amines) is 1. The fourth-order valence-corrected chi connectivity index (χ4v) is 2.46. The highest BCUT2D eigenvalue weighted by atomic mass is 16.5. The summed E-state index contributed by atoms with van der Waals surface area (Å²) in [4.78, 5) is 14.1. The van der Waals surface area contributed by atoms with Gasteiger partial charge in [-0.1, -0.05) is 6.92 Å². The van der Waals surface area contributed by atoms with E-state index in [0.29, 0.717) is 0 Å². The molecule has 0 aliphatic carbocycles. The molecule has 15 heavy (non-hydrogen) atoms. The van der Waals surface area contributed by atoms with Gasteiger partial charge in [0.1, 0.15) is 6.10 Å². The fourth-order valence-electron chi connectivity index (χ4n) is 2.46. The first-order valence-corrected chi connectivity index (χ1v) is 6.18. The molecule has 2 heterocycles. The van der Waals surface area contributed by atoms with Crippen LogP contribution in [0.3, 0.4) is 0 Å². The van der Waals surface area contributed by atoms with Gasteiger partial charge >= 0.3 is 0 Å². The molecule has 0 aromatic carbocycles. The number of rotatable bonds is 1. The third-order valence-corrected chi connectivity index (χ3v) is 3.53. The lowest BCUT2D eigenvalue weighted by Gasteiger charge is -2.23. The summed E-state index contributed by atoms with van der Waals surface area (Å²) in [5, 5.41) is 0. The van der Waals surface area contributed by atoms with E-state index < -0.39 is 0 Å². The lowest BCUT2D eigenvalue weighted by atomic mass is 10.0. The standard InChI is InChI=1S/C12H21NO2/c1-10-4-2-7-13(8-6-10)12(14)11-5-3-9-15-11/h10-11H,2-9H2,1H3. The summed E-state index contributed by atoms with van der Waals surface area (Å²) in [5.74, 6) is 1.01. The molecular weight excluding hydrogens is 190 g/mol. The zero-order chi connectivity index (χ0) is 10.7. The van der Waals surface area contributed by atoms with Crippen molar-refractivity contribution in [3.8, 4) is 0 Å². The summed E-state index contributed by atoms with van der Waals surface area (Å²) in [6.45, 7) is 4.91. The molecule has 1 amide bonds. The largest absolute Gasteiger partial charge is 0.368 e. The number of ether oxygens (including phenoxy) is 1. The van der Waals surface area contributed by atoms with Gasteiger partial charge in [-0.3, -0.25) is 4.79 Å². The van der Waals surface area contributed by atoms with Crippen molar-refractivity contribution in [3.05, 3.63) is 0 Å². The maximum absolute atomic E-state index is 12.1. The average Bonchev–Trinajstić information content (AvgIpc) is 2.67. The topological polar surface area (TPSA) is 29.5 Å². The van der Waals surface area contributed by atoms with Crippen molar-refractivity contribution < 1.29 is 9.53 Å². The molecule has 3 nitrogen and oxygen atoms in total. The molecule has 2 aliphatic rings. The van der Waals surface area contributed by atoms with Crippen LogP contribution in [0.2, 0.25) is 0 Å². The quantitative estimate of drug-likeness (QED) is 0.662. The Morgan fingerprint density at radius 2 is 2.07 bits per heavy atom. The van der Waals surface area contributed by atoms with Gasteiger partial charge in [0.2, 0.25) is 0 Å². The minimum atomic E-state index is -0.126. The van der Waals surface area contributed by atoms with Gasteiger partial charge in [-0.25, -0.2) is 0 Å². The van der Waals surface area contributed by atoms with Crippen LogP contribution in [0.1, 0.15) is 39.0 Å². The first kappa shape index (κ1) is 10.9. The van der Waals surface area contributed by atoms with Gasteiger partial charge in [0.25, 0.3) is 5.91 Å². The van der Waals surface area contributed by atoms with Crippen molar-refractivity contribution in [1.82, 2.24) is 4.90 Å². The second-order valence-corrected chi connectivity index (χ2v) is 4.86. The van der Waals surface area contributed by atoms with Crippen LogP contribution in [-0.4, -0.2) is 36.6 Å².